The normalized spacial score (nSPS) is 10.3. The van der Waals surface area contributed by atoms with Gasteiger partial charge in [-0.25, -0.2) is 0 Å². The van der Waals surface area contributed by atoms with E-state index in [0.717, 1.165) is 22.4 Å². The van der Waals surface area contributed by atoms with Crippen molar-refractivity contribution < 1.29 is 9.66 Å². The number of hydrogen-bond donors (Lipinski definition) is 1. The molecule has 0 bridgehead atoms. The number of aryl methyl sites for hydroxylation is 2. The van der Waals surface area contributed by atoms with Gasteiger partial charge in [-0.05, 0) is 42.7 Å². The summed E-state index contributed by atoms with van der Waals surface area (Å²) in [5, 5.41) is 10.7. The molecular weight excluding hydrogens is 256 g/mol. The van der Waals surface area contributed by atoms with Gasteiger partial charge in [-0.2, -0.15) is 0 Å². The van der Waals surface area contributed by atoms with E-state index in [1.165, 1.54) is 6.07 Å². The lowest BCUT2D eigenvalue weighted by molar-refractivity contribution is -0.383. The van der Waals surface area contributed by atoms with Crippen LogP contribution in [0.15, 0.2) is 36.4 Å². The van der Waals surface area contributed by atoms with Crippen LogP contribution in [0.3, 0.4) is 0 Å². The van der Waals surface area contributed by atoms with Gasteiger partial charge in [0.15, 0.2) is 0 Å². The number of nitrogen functional groups attached to an aromatic ring is 1. The van der Waals surface area contributed by atoms with E-state index in [2.05, 4.69) is 0 Å². The van der Waals surface area contributed by atoms with Gasteiger partial charge >= 0.3 is 0 Å². The molecule has 0 heterocycles. The highest BCUT2D eigenvalue weighted by Crippen LogP contribution is 2.25. The van der Waals surface area contributed by atoms with Gasteiger partial charge in [0.05, 0.1) is 4.92 Å². The van der Waals surface area contributed by atoms with Crippen LogP contribution in [-0.2, 0) is 6.61 Å². The fourth-order valence-electron chi connectivity index (χ4n) is 2.04. The second kappa shape index (κ2) is 5.61. The number of rotatable bonds is 4. The van der Waals surface area contributed by atoms with Crippen molar-refractivity contribution in [3.05, 3.63) is 63.2 Å². The first-order valence-corrected chi connectivity index (χ1v) is 6.21. The molecule has 5 nitrogen and oxygen atoms in total. The fraction of sp³-hybridized carbons (Fsp3) is 0.200. The largest absolute Gasteiger partial charge is 0.488 e. The van der Waals surface area contributed by atoms with Crippen molar-refractivity contribution >= 4 is 11.4 Å². The highest BCUT2D eigenvalue weighted by Gasteiger charge is 2.11. The average molecular weight is 272 g/mol. The Bertz CT molecular complexity index is 633. The molecule has 0 aliphatic heterocycles. The molecule has 0 aromatic heterocycles. The van der Waals surface area contributed by atoms with Gasteiger partial charge < -0.3 is 10.5 Å². The maximum absolute atomic E-state index is 10.7. The number of nitro benzene ring substituents is 1. The van der Waals surface area contributed by atoms with Gasteiger partial charge in [0.25, 0.3) is 5.69 Å². The minimum absolute atomic E-state index is 0.0826. The molecular formula is C15H16N2O3. The van der Waals surface area contributed by atoms with E-state index in [4.69, 9.17) is 10.5 Å². The number of anilines is 1. The van der Waals surface area contributed by atoms with Crippen molar-refractivity contribution in [1.82, 2.24) is 0 Å². The zero-order valence-electron chi connectivity index (χ0n) is 11.4. The molecule has 5 heteroatoms. The van der Waals surface area contributed by atoms with Crippen LogP contribution in [0, 0.1) is 24.0 Å². The average Bonchev–Trinajstić information content (AvgIpc) is 2.37. The summed E-state index contributed by atoms with van der Waals surface area (Å²) < 4.78 is 5.78. The third-order valence-electron chi connectivity index (χ3n) is 3.08. The third-order valence-corrected chi connectivity index (χ3v) is 3.08. The molecule has 0 radical (unpaired) electrons. The van der Waals surface area contributed by atoms with Crippen LogP contribution < -0.4 is 10.5 Å². The maximum Gasteiger partial charge on any atom is 0.292 e. The summed E-state index contributed by atoms with van der Waals surface area (Å²) >= 11 is 0. The van der Waals surface area contributed by atoms with Crippen LogP contribution >= 0.6 is 0 Å². The number of hydrogen-bond acceptors (Lipinski definition) is 4. The van der Waals surface area contributed by atoms with Gasteiger partial charge in [-0.15, -0.1) is 0 Å². The number of benzene rings is 2. The zero-order chi connectivity index (χ0) is 14.7. The van der Waals surface area contributed by atoms with E-state index < -0.39 is 4.92 Å². The van der Waals surface area contributed by atoms with Crippen LogP contribution in [0.2, 0.25) is 0 Å². The Kier molecular flexibility index (Phi) is 3.89. The van der Waals surface area contributed by atoms with Gasteiger partial charge in [0.2, 0.25) is 0 Å². The number of nitrogens with two attached hydrogens (primary N) is 1. The van der Waals surface area contributed by atoms with Crippen molar-refractivity contribution in [2.24, 2.45) is 0 Å². The Morgan fingerprint density at radius 1 is 1.20 bits per heavy atom. The summed E-state index contributed by atoms with van der Waals surface area (Å²) in [6.45, 7) is 4.28. The molecule has 104 valence electrons. The van der Waals surface area contributed by atoms with E-state index in [0.29, 0.717) is 6.61 Å². The van der Waals surface area contributed by atoms with Crippen LogP contribution in [0.4, 0.5) is 11.4 Å². The van der Waals surface area contributed by atoms with Gasteiger partial charge in [-0.1, -0.05) is 18.2 Å². The van der Waals surface area contributed by atoms with Crippen molar-refractivity contribution in [3.63, 3.8) is 0 Å². The predicted molar refractivity (Wildman–Crippen MR) is 77.8 cm³/mol. The molecule has 2 N–H and O–H groups in total. The Morgan fingerprint density at radius 2 is 1.85 bits per heavy atom. The van der Waals surface area contributed by atoms with Crippen LogP contribution in [0.5, 0.6) is 5.75 Å². The summed E-state index contributed by atoms with van der Waals surface area (Å²) in [5.41, 5.74) is 8.63. The molecule has 0 fully saturated rings. The lowest BCUT2D eigenvalue weighted by atomic mass is 10.1. The van der Waals surface area contributed by atoms with Crippen molar-refractivity contribution in [2.45, 2.75) is 20.5 Å². The lowest BCUT2D eigenvalue weighted by Gasteiger charge is -2.12. The molecule has 0 atom stereocenters. The minimum atomic E-state index is -0.495. The molecule has 0 saturated carbocycles. The molecule has 0 saturated heterocycles. The SMILES string of the molecule is Cc1cccc(C)c1OCc1ccc([N+](=O)[O-])c(N)c1. The maximum atomic E-state index is 10.7. The lowest BCUT2D eigenvalue weighted by Crippen LogP contribution is -2.01. The quantitative estimate of drug-likeness (QED) is 0.525. The Hall–Kier alpha value is -2.56. The summed E-state index contributed by atoms with van der Waals surface area (Å²) in [7, 11) is 0. The second-order valence-corrected chi connectivity index (χ2v) is 4.66. The van der Waals surface area contributed by atoms with E-state index in [-0.39, 0.29) is 11.4 Å². The van der Waals surface area contributed by atoms with Crippen LogP contribution in [0.1, 0.15) is 16.7 Å². The molecule has 0 aliphatic carbocycles. The monoisotopic (exact) mass is 272 g/mol. The smallest absolute Gasteiger partial charge is 0.292 e. The molecule has 0 spiro atoms. The van der Waals surface area contributed by atoms with Crippen molar-refractivity contribution in [1.29, 1.82) is 0 Å². The molecule has 2 aromatic rings. The number of ether oxygens (including phenoxy) is 1. The highest BCUT2D eigenvalue weighted by atomic mass is 16.6. The van der Waals surface area contributed by atoms with E-state index in [1.54, 1.807) is 12.1 Å². The number of nitro groups is 1. The molecule has 20 heavy (non-hydrogen) atoms. The molecule has 2 aromatic carbocycles. The van der Waals surface area contributed by atoms with Gasteiger partial charge in [-0.3, -0.25) is 10.1 Å². The zero-order valence-corrected chi connectivity index (χ0v) is 11.4. The van der Waals surface area contributed by atoms with E-state index >= 15 is 0 Å². The van der Waals surface area contributed by atoms with Crippen molar-refractivity contribution in [3.8, 4) is 5.75 Å². The topological polar surface area (TPSA) is 78.4 Å². The van der Waals surface area contributed by atoms with Crippen LogP contribution in [-0.4, -0.2) is 4.92 Å². The highest BCUT2D eigenvalue weighted by molar-refractivity contribution is 5.59. The first-order chi connectivity index (χ1) is 9.49. The van der Waals surface area contributed by atoms with Crippen molar-refractivity contribution in [2.75, 3.05) is 5.73 Å². The summed E-state index contributed by atoms with van der Waals surface area (Å²) in [6, 6.07) is 10.6. The van der Waals surface area contributed by atoms with Gasteiger partial charge in [0, 0.05) is 6.07 Å². The fourth-order valence-corrected chi connectivity index (χ4v) is 2.04. The Morgan fingerprint density at radius 3 is 2.40 bits per heavy atom. The molecule has 2 rings (SSSR count). The Balaban J connectivity index is 2.16. The Labute approximate surface area is 117 Å². The predicted octanol–water partition coefficient (Wildman–Crippen LogP) is 3.37. The minimum Gasteiger partial charge on any atom is -0.488 e. The summed E-state index contributed by atoms with van der Waals surface area (Å²) in [4.78, 5) is 10.2. The first-order valence-electron chi connectivity index (χ1n) is 6.21. The standard InChI is InChI=1S/C15H16N2O3/c1-10-4-3-5-11(2)15(10)20-9-12-6-7-14(17(18)19)13(16)8-12/h3-8H,9,16H2,1-2H3. The molecule has 0 unspecified atom stereocenters. The molecule has 0 amide bonds. The van der Waals surface area contributed by atoms with E-state index in [1.807, 2.05) is 32.0 Å². The number of para-hydroxylation sites is 1. The summed E-state index contributed by atoms with van der Waals surface area (Å²) in [6.07, 6.45) is 0. The molecule has 0 aliphatic rings. The van der Waals surface area contributed by atoms with Gasteiger partial charge in [0.1, 0.15) is 18.0 Å². The van der Waals surface area contributed by atoms with Crippen LogP contribution in [0.25, 0.3) is 0 Å². The number of nitrogens with zero attached hydrogens (tertiary/aromatic N) is 1. The third kappa shape index (κ3) is 2.88. The second-order valence-electron chi connectivity index (χ2n) is 4.66. The first kappa shape index (κ1) is 13.9. The van der Waals surface area contributed by atoms with E-state index in [9.17, 15) is 10.1 Å². The summed E-state index contributed by atoms with van der Waals surface area (Å²) in [5.74, 6) is 0.837.